The SMILES string of the molecule is CC(C)c1ccccc1NC(=O)CNC(=O)c1ccccc1Br. The summed E-state index contributed by atoms with van der Waals surface area (Å²) in [6.45, 7) is 4.06. The van der Waals surface area contributed by atoms with Crippen LogP contribution in [0.4, 0.5) is 5.69 Å². The lowest BCUT2D eigenvalue weighted by atomic mass is 10.0. The minimum atomic E-state index is -0.287. The van der Waals surface area contributed by atoms with Gasteiger partial charge in [0.2, 0.25) is 5.91 Å². The van der Waals surface area contributed by atoms with E-state index >= 15 is 0 Å². The Labute approximate surface area is 144 Å². The summed E-state index contributed by atoms with van der Waals surface area (Å²) in [5.74, 6) is -0.232. The lowest BCUT2D eigenvalue weighted by Gasteiger charge is -2.14. The molecule has 120 valence electrons. The molecule has 0 unspecified atom stereocenters. The standard InChI is InChI=1S/C18H19BrN2O2/c1-12(2)13-7-4-6-10-16(13)21-17(22)11-20-18(23)14-8-3-5-9-15(14)19/h3-10,12H,11H2,1-2H3,(H,20,23)(H,21,22). The van der Waals surface area contributed by atoms with Gasteiger partial charge in [-0.1, -0.05) is 44.2 Å². The van der Waals surface area contributed by atoms with Gasteiger partial charge in [-0.05, 0) is 45.6 Å². The van der Waals surface area contributed by atoms with E-state index in [2.05, 4.69) is 40.4 Å². The average molecular weight is 375 g/mol. The Hall–Kier alpha value is -2.14. The monoisotopic (exact) mass is 374 g/mol. The Morgan fingerprint density at radius 3 is 2.39 bits per heavy atom. The zero-order chi connectivity index (χ0) is 16.8. The average Bonchev–Trinajstić information content (AvgIpc) is 2.53. The minimum Gasteiger partial charge on any atom is -0.343 e. The molecule has 2 N–H and O–H groups in total. The van der Waals surface area contributed by atoms with Crippen molar-refractivity contribution in [3.63, 3.8) is 0 Å². The van der Waals surface area contributed by atoms with Crippen molar-refractivity contribution < 1.29 is 9.59 Å². The van der Waals surface area contributed by atoms with Crippen molar-refractivity contribution in [1.29, 1.82) is 0 Å². The van der Waals surface area contributed by atoms with E-state index in [1.807, 2.05) is 30.3 Å². The normalized spacial score (nSPS) is 10.4. The molecule has 5 heteroatoms. The first-order chi connectivity index (χ1) is 11.0. The summed E-state index contributed by atoms with van der Waals surface area (Å²) in [7, 11) is 0. The molecule has 0 heterocycles. The molecule has 4 nitrogen and oxygen atoms in total. The fraction of sp³-hybridized carbons (Fsp3) is 0.222. The molecular weight excluding hydrogens is 356 g/mol. The number of para-hydroxylation sites is 1. The number of carbonyl (C=O) groups is 2. The topological polar surface area (TPSA) is 58.2 Å². The highest BCUT2D eigenvalue weighted by Crippen LogP contribution is 2.23. The number of carbonyl (C=O) groups excluding carboxylic acids is 2. The van der Waals surface area contributed by atoms with Crippen LogP contribution >= 0.6 is 15.9 Å². The van der Waals surface area contributed by atoms with E-state index in [1.54, 1.807) is 18.2 Å². The summed E-state index contributed by atoms with van der Waals surface area (Å²) >= 11 is 3.32. The highest BCUT2D eigenvalue weighted by atomic mass is 79.9. The number of halogens is 1. The van der Waals surface area contributed by atoms with E-state index in [1.165, 1.54) is 0 Å². The van der Waals surface area contributed by atoms with Crippen molar-refractivity contribution in [2.45, 2.75) is 19.8 Å². The maximum atomic E-state index is 12.1. The molecule has 2 rings (SSSR count). The lowest BCUT2D eigenvalue weighted by Crippen LogP contribution is -2.33. The van der Waals surface area contributed by atoms with Gasteiger partial charge in [-0.3, -0.25) is 9.59 Å². The predicted octanol–water partition coefficient (Wildman–Crippen LogP) is 3.94. The second-order valence-corrected chi connectivity index (χ2v) is 6.31. The van der Waals surface area contributed by atoms with Crippen LogP contribution in [0.15, 0.2) is 53.0 Å². The van der Waals surface area contributed by atoms with Crippen molar-refractivity contribution in [2.24, 2.45) is 0 Å². The molecule has 0 bridgehead atoms. The highest BCUT2D eigenvalue weighted by Gasteiger charge is 2.12. The molecule has 0 saturated heterocycles. The second kappa shape index (κ2) is 7.92. The quantitative estimate of drug-likeness (QED) is 0.832. The van der Waals surface area contributed by atoms with E-state index in [9.17, 15) is 9.59 Å². The first-order valence-corrected chi connectivity index (χ1v) is 8.20. The Balaban J connectivity index is 1.96. The molecular formula is C18H19BrN2O2. The lowest BCUT2D eigenvalue weighted by molar-refractivity contribution is -0.115. The van der Waals surface area contributed by atoms with Gasteiger partial charge < -0.3 is 10.6 Å². The zero-order valence-corrected chi connectivity index (χ0v) is 14.7. The van der Waals surface area contributed by atoms with Gasteiger partial charge in [0.25, 0.3) is 5.91 Å². The van der Waals surface area contributed by atoms with Crippen LogP contribution in [-0.2, 0) is 4.79 Å². The molecule has 2 aromatic carbocycles. The molecule has 0 saturated carbocycles. The summed E-state index contributed by atoms with van der Waals surface area (Å²) in [6.07, 6.45) is 0. The number of amides is 2. The van der Waals surface area contributed by atoms with Crippen LogP contribution in [0.3, 0.4) is 0 Å². The van der Waals surface area contributed by atoms with Crippen LogP contribution in [0.5, 0.6) is 0 Å². The number of hydrogen-bond acceptors (Lipinski definition) is 2. The molecule has 2 amide bonds. The molecule has 0 atom stereocenters. The van der Waals surface area contributed by atoms with Crippen LogP contribution in [0.2, 0.25) is 0 Å². The molecule has 0 spiro atoms. The Morgan fingerprint density at radius 1 is 1.04 bits per heavy atom. The third-order valence-corrected chi connectivity index (χ3v) is 4.08. The molecule has 0 aliphatic carbocycles. The minimum absolute atomic E-state index is 0.0768. The Bertz CT molecular complexity index is 714. The van der Waals surface area contributed by atoms with E-state index < -0.39 is 0 Å². The fourth-order valence-electron chi connectivity index (χ4n) is 2.21. The number of rotatable bonds is 5. The largest absolute Gasteiger partial charge is 0.343 e. The van der Waals surface area contributed by atoms with E-state index in [4.69, 9.17) is 0 Å². The summed E-state index contributed by atoms with van der Waals surface area (Å²) in [4.78, 5) is 24.1. The van der Waals surface area contributed by atoms with Gasteiger partial charge in [0.05, 0.1) is 12.1 Å². The van der Waals surface area contributed by atoms with Gasteiger partial charge in [0.1, 0.15) is 0 Å². The van der Waals surface area contributed by atoms with Crippen molar-refractivity contribution in [2.75, 3.05) is 11.9 Å². The number of nitrogens with one attached hydrogen (secondary N) is 2. The first kappa shape index (κ1) is 17.2. The smallest absolute Gasteiger partial charge is 0.252 e. The third kappa shape index (κ3) is 4.66. The van der Waals surface area contributed by atoms with Crippen molar-refractivity contribution in [3.05, 3.63) is 64.1 Å². The van der Waals surface area contributed by atoms with Gasteiger partial charge >= 0.3 is 0 Å². The van der Waals surface area contributed by atoms with Crippen molar-refractivity contribution >= 4 is 33.4 Å². The number of benzene rings is 2. The maximum Gasteiger partial charge on any atom is 0.252 e. The van der Waals surface area contributed by atoms with Gasteiger partial charge in [-0.25, -0.2) is 0 Å². The number of anilines is 1. The Morgan fingerprint density at radius 2 is 1.70 bits per heavy atom. The van der Waals surface area contributed by atoms with Crippen LogP contribution in [0, 0.1) is 0 Å². The molecule has 0 aromatic heterocycles. The Kier molecular flexibility index (Phi) is 5.93. The zero-order valence-electron chi connectivity index (χ0n) is 13.1. The highest BCUT2D eigenvalue weighted by molar-refractivity contribution is 9.10. The summed E-state index contributed by atoms with van der Waals surface area (Å²) in [6, 6.07) is 14.8. The van der Waals surface area contributed by atoms with E-state index in [-0.39, 0.29) is 18.4 Å². The van der Waals surface area contributed by atoms with Gasteiger partial charge in [0, 0.05) is 10.2 Å². The van der Waals surface area contributed by atoms with Crippen LogP contribution < -0.4 is 10.6 Å². The molecule has 0 fully saturated rings. The second-order valence-electron chi connectivity index (χ2n) is 5.45. The van der Waals surface area contributed by atoms with Crippen molar-refractivity contribution in [1.82, 2.24) is 5.32 Å². The van der Waals surface area contributed by atoms with E-state index in [0.717, 1.165) is 11.3 Å². The van der Waals surface area contributed by atoms with Crippen molar-refractivity contribution in [3.8, 4) is 0 Å². The molecule has 0 aliphatic heterocycles. The summed E-state index contributed by atoms with van der Waals surface area (Å²) < 4.78 is 0.697. The first-order valence-electron chi connectivity index (χ1n) is 7.40. The number of hydrogen-bond donors (Lipinski definition) is 2. The third-order valence-electron chi connectivity index (χ3n) is 3.38. The predicted molar refractivity (Wildman–Crippen MR) is 95.6 cm³/mol. The fourth-order valence-corrected chi connectivity index (χ4v) is 2.67. The molecule has 2 aromatic rings. The van der Waals surface area contributed by atoms with E-state index in [0.29, 0.717) is 16.0 Å². The molecule has 0 aliphatic rings. The molecule has 0 radical (unpaired) electrons. The van der Waals surface area contributed by atoms with Gasteiger partial charge in [0.15, 0.2) is 0 Å². The summed E-state index contributed by atoms with van der Waals surface area (Å²) in [5, 5.41) is 5.48. The van der Waals surface area contributed by atoms with Crippen LogP contribution in [0.1, 0.15) is 35.7 Å². The maximum absolute atomic E-state index is 12.1. The van der Waals surface area contributed by atoms with Gasteiger partial charge in [-0.2, -0.15) is 0 Å². The summed E-state index contributed by atoms with van der Waals surface area (Å²) in [5.41, 5.74) is 2.35. The van der Waals surface area contributed by atoms with Gasteiger partial charge in [-0.15, -0.1) is 0 Å². The van der Waals surface area contributed by atoms with Crippen LogP contribution in [0.25, 0.3) is 0 Å². The molecule has 23 heavy (non-hydrogen) atoms. The van der Waals surface area contributed by atoms with Crippen LogP contribution in [-0.4, -0.2) is 18.4 Å².